The normalized spacial score (nSPS) is 17.8. The maximum atomic E-state index is 13.1. The highest BCUT2D eigenvalue weighted by Crippen LogP contribution is 2.36. The lowest BCUT2D eigenvalue weighted by atomic mass is 10.0. The summed E-state index contributed by atoms with van der Waals surface area (Å²) >= 11 is 6.50. The van der Waals surface area contributed by atoms with Gasteiger partial charge in [0.25, 0.3) is 0 Å². The van der Waals surface area contributed by atoms with Gasteiger partial charge in [-0.25, -0.2) is 8.42 Å². The Labute approximate surface area is 274 Å². The van der Waals surface area contributed by atoms with Gasteiger partial charge in [0, 0.05) is 38.4 Å². The second kappa shape index (κ2) is 13.7. The number of para-hydroxylation sites is 1. The number of anilines is 4. The van der Waals surface area contributed by atoms with Gasteiger partial charge >= 0.3 is 0 Å². The molecule has 2 aliphatic rings. The van der Waals surface area contributed by atoms with Crippen molar-refractivity contribution in [2.24, 2.45) is 0 Å². The van der Waals surface area contributed by atoms with Crippen molar-refractivity contribution in [2.75, 3.05) is 57.1 Å². The number of aromatic nitrogens is 3. The summed E-state index contributed by atoms with van der Waals surface area (Å²) in [6.07, 6.45) is 2.84. The van der Waals surface area contributed by atoms with Crippen LogP contribution in [0.4, 0.5) is 23.1 Å². The molecule has 0 amide bonds. The number of aromatic amines is 1. The number of H-pyrrole nitrogens is 1. The molecule has 1 unspecified atom stereocenters. The number of piperidine rings is 1. The van der Waals surface area contributed by atoms with Gasteiger partial charge in [-0.1, -0.05) is 29.8 Å². The molecule has 4 N–H and O–H groups in total. The van der Waals surface area contributed by atoms with Crippen LogP contribution in [0.5, 0.6) is 5.75 Å². The Balaban J connectivity index is 1.22. The maximum absolute atomic E-state index is 13.1. The first-order valence-electron chi connectivity index (χ1n) is 15.5. The third-order valence-corrected chi connectivity index (χ3v) is 11.2. The zero-order valence-corrected chi connectivity index (χ0v) is 27.7. The van der Waals surface area contributed by atoms with Gasteiger partial charge in [0.15, 0.2) is 9.84 Å². The average Bonchev–Trinajstić information content (AvgIpc) is 3.45. The van der Waals surface area contributed by atoms with E-state index in [4.69, 9.17) is 21.1 Å². The molecule has 46 heavy (non-hydrogen) atoms. The zero-order chi connectivity index (χ0) is 32.4. The maximum Gasteiger partial charge on any atom is 0.231 e. The van der Waals surface area contributed by atoms with Gasteiger partial charge in [0.1, 0.15) is 23.4 Å². The zero-order valence-electron chi connectivity index (χ0n) is 26.2. The lowest BCUT2D eigenvalue weighted by Crippen LogP contribution is -2.49. The van der Waals surface area contributed by atoms with Crippen molar-refractivity contribution in [3.8, 4) is 5.75 Å². The Morgan fingerprint density at radius 2 is 1.78 bits per heavy atom. The minimum atomic E-state index is -3.58. The molecule has 2 aromatic carbocycles. The van der Waals surface area contributed by atoms with E-state index in [0.29, 0.717) is 45.0 Å². The number of halogens is 1. The lowest BCUT2D eigenvalue weighted by molar-refractivity contribution is -0.0423. The first-order valence-corrected chi connectivity index (χ1v) is 17.4. The number of hydrogen-bond acceptors (Lipinski definition) is 11. The molecule has 2 aromatic heterocycles. The molecule has 2 saturated heterocycles. The van der Waals surface area contributed by atoms with Crippen LogP contribution >= 0.6 is 11.6 Å². The van der Waals surface area contributed by atoms with Gasteiger partial charge < -0.3 is 30.2 Å². The Kier molecular flexibility index (Phi) is 9.69. The number of rotatable bonds is 10. The van der Waals surface area contributed by atoms with Crippen molar-refractivity contribution in [2.45, 2.75) is 49.1 Å². The first-order chi connectivity index (χ1) is 22.2. The number of aliphatic hydroxyl groups excluding tert-OH is 1. The molecule has 6 rings (SSSR count). The van der Waals surface area contributed by atoms with Crippen LogP contribution in [0.15, 0.2) is 53.6 Å². The number of nitrogens with zero attached hydrogens (tertiary/aromatic N) is 4. The molecule has 0 bridgehead atoms. The molecule has 1 atom stereocenters. The highest BCUT2D eigenvalue weighted by molar-refractivity contribution is 7.92. The van der Waals surface area contributed by atoms with Crippen LogP contribution in [-0.2, 0) is 14.6 Å². The number of sulfone groups is 1. The summed E-state index contributed by atoms with van der Waals surface area (Å²) in [6.45, 7) is 8.40. The van der Waals surface area contributed by atoms with Crippen molar-refractivity contribution < 1.29 is 23.0 Å². The smallest absolute Gasteiger partial charge is 0.231 e. The van der Waals surface area contributed by atoms with Crippen molar-refractivity contribution in [1.82, 2.24) is 24.8 Å². The standard InChI is InChI=1S/C32H40ClN7O5S/c1-20(2)46(42,43)27-7-5-4-6-25(27)35-30-28-23(33)19-34-29(28)37-32(38-30)36-24-9-8-21(18-26(24)44-3)31(41)40-12-10-22(11-13-40)39-14-16-45-17-15-39/h4-9,18-20,22,31,41H,10-17H2,1-3H3,(H3,34,35,36,37,38). The molecule has 0 saturated carbocycles. The molecule has 0 aliphatic carbocycles. The fourth-order valence-corrected chi connectivity index (χ4v) is 7.52. The Morgan fingerprint density at radius 1 is 1.04 bits per heavy atom. The van der Waals surface area contributed by atoms with Crippen LogP contribution in [-0.4, -0.2) is 96.1 Å². The van der Waals surface area contributed by atoms with Crippen molar-refractivity contribution in [3.63, 3.8) is 0 Å². The third-order valence-electron chi connectivity index (χ3n) is 8.73. The van der Waals surface area contributed by atoms with Crippen molar-refractivity contribution in [1.29, 1.82) is 0 Å². The summed E-state index contributed by atoms with van der Waals surface area (Å²) < 4.78 is 37.4. The highest BCUT2D eigenvalue weighted by atomic mass is 35.5. The van der Waals surface area contributed by atoms with E-state index in [1.54, 1.807) is 51.4 Å². The summed E-state index contributed by atoms with van der Waals surface area (Å²) in [7, 11) is -2.01. The van der Waals surface area contributed by atoms with Crippen molar-refractivity contribution >= 4 is 55.6 Å². The summed E-state index contributed by atoms with van der Waals surface area (Å²) in [5, 5.41) is 18.0. The van der Waals surface area contributed by atoms with E-state index in [0.717, 1.165) is 57.8 Å². The van der Waals surface area contributed by atoms with Crippen LogP contribution in [0.25, 0.3) is 11.0 Å². The highest BCUT2D eigenvalue weighted by Gasteiger charge is 2.29. The van der Waals surface area contributed by atoms with Gasteiger partial charge in [-0.05, 0) is 56.5 Å². The number of aliphatic hydroxyl groups is 1. The summed E-state index contributed by atoms with van der Waals surface area (Å²) in [4.78, 5) is 17.1. The van der Waals surface area contributed by atoms with E-state index < -0.39 is 21.3 Å². The van der Waals surface area contributed by atoms with Gasteiger partial charge in [-0.2, -0.15) is 9.97 Å². The van der Waals surface area contributed by atoms with Gasteiger partial charge in [-0.3, -0.25) is 9.80 Å². The Bertz CT molecular complexity index is 1790. The molecule has 4 heterocycles. The Hall–Kier alpha value is -3.46. The number of methoxy groups -OCH3 is 1. The molecule has 14 heteroatoms. The molecule has 0 spiro atoms. The van der Waals surface area contributed by atoms with Gasteiger partial charge in [-0.15, -0.1) is 0 Å². The predicted molar refractivity (Wildman–Crippen MR) is 179 cm³/mol. The number of hydrogen-bond donors (Lipinski definition) is 4. The number of morpholine rings is 1. The summed E-state index contributed by atoms with van der Waals surface area (Å²) in [5.74, 6) is 1.07. The quantitative estimate of drug-likeness (QED) is 0.179. The number of likely N-dealkylation sites (tertiary alicyclic amines) is 1. The summed E-state index contributed by atoms with van der Waals surface area (Å²) in [5.41, 5.74) is 2.16. The van der Waals surface area contributed by atoms with E-state index in [-0.39, 0.29) is 10.8 Å². The van der Waals surface area contributed by atoms with E-state index in [9.17, 15) is 13.5 Å². The van der Waals surface area contributed by atoms with Gasteiger partial charge in [0.2, 0.25) is 5.95 Å². The fourth-order valence-electron chi connectivity index (χ4n) is 6.08. The minimum Gasteiger partial charge on any atom is -0.495 e. The second-order valence-corrected chi connectivity index (χ2v) is 14.7. The predicted octanol–water partition coefficient (Wildman–Crippen LogP) is 5.08. The first kappa shape index (κ1) is 32.5. The largest absolute Gasteiger partial charge is 0.495 e. The Morgan fingerprint density at radius 3 is 2.50 bits per heavy atom. The van der Waals surface area contributed by atoms with Crippen molar-refractivity contribution in [3.05, 3.63) is 59.2 Å². The van der Waals surface area contributed by atoms with Crippen LogP contribution in [0.1, 0.15) is 38.5 Å². The van der Waals surface area contributed by atoms with Crippen LogP contribution in [0.3, 0.4) is 0 Å². The number of fused-ring (bicyclic) bond motifs is 1. The van der Waals surface area contributed by atoms with Crippen LogP contribution in [0.2, 0.25) is 5.02 Å². The second-order valence-electron chi connectivity index (χ2n) is 11.8. The molecule has 0 radical (unpaired) electrons. The van der Waals surface area contributed by atoms with E-state index in [1.165, 1.54) is 0 Å². The average molecular weight is 670 g/mol. The summed E-state index contributed by atoms with van der Waals surface area (Å²) in [6, 6.07) is 12.7. The lowest BCUT2D eigenvalue weighted by Gasteiger charge is -2.41. The molecule has 4 aromatic rings. The number of ether oxygens (including phenoxy) is 2. The third kappa shape index (κ3) is 6.66. The molecule has 246 valence electrons. The SMILES string of the molecule is COc1cc(C(O)N2CCC(N3CCOCC3)CC2)ccc1Nc1nc(Nc2ccccc2S(=O)(=O)C(C)C)c2c(Cl)c[nH]c2n1. The molecule has 12 nitrogen and oxygen atoms in total. The molecule has 2 aliphatic heterocycles. The van der Waals surface area contributed by atoms with E-state index >= 15 is 0 Å². The van der Waals surface area contributed by atoms with Crippen LogP contribution in [0, 0.1) is 0 Å². The molecular weight excluding hydrogens is 630 g/mol. The fraction of sp³-hybridized carbons (Fsp3) is 0.438. The molecule has 2 fully saturated rings. The monoisotopic (exact) mass is 669 g/mol. The molecular formula is C32H40ClN7O5S. The van der Waals surface area contributed by atoms with Gasteiger partial charge in [0.05, 0.1) is 52.3 Å². The van der Waals surface area contributed by atoms with Crippen LogP contribution < -0.4 is 15.4 Å². The van der Waals surface area contributed by atoms with E-state index in [1.807, 2.05) is 18.2 Å². The number of benzene rings is 2. The number of nitrogens with one attached hydrogen (secondary N) is 3. The van der Waals surface area contributed by atoms with E-state index in [2.05, 4.69) is 35.4 Å². The minimum absolute atomic E-state index is 0.166. The topological polar surface area (TPSA) is 145 Å².